The van der Waals surface area contributed by atoms with Crippen LogP contribution < -0.4 is 62.0 Å². The quantitative estimate of drug-likeness (QED) is 0.107. The van der Waals surface area contributed by atoms with Crippen molar-refractivity contribution in [2.75, 3.05) is 24.5 Å². The van der Waals surface area contributed by atoms with E-state index in [1.165, 1.54) is 38.5 Å². The highest BCUT2D eigenvalue weighted by Gasteiger charge is 2.49. The normalized spacial score (nSPS) is 13.0. The zero-order valence-electron chi connectivity index (χ0n) is 67.1. The maximum atomic E-state index is 7.54. The van der Waals surface area contributed by atoms with Crippen LogP contribution in [0.1, 0.15) is 79.0 Å². The summed E-state index contributed by atoms with van der Waals surface area (Å²) in [5, 5.41) is 0. The fourth-order valence-electron chi connectivity index (χ4n) is 18.5. The standard InChI is InChI=1S/C108H89B2N5O/c1-106(2,3)76-60-54-73(55-61-76)85-43-22-28-48-92(85)111(79-36-16-11-17-37-79)82-66-99-104-100(67-82)115(95-51-31-24-42-84(95)72-34-14-10-15-35-72)98-71-97-90(70-91(98)109(104)88-46-26-32-52-96(88)114(99)94-50-30-25-45-87(94)75-58-64-78(65-59-75)108(7,8)9)110-89-47-27-33-53-102(89)116-103-69-83(68-101(105(103)110)113(97)81-40-20-13-21-41-81)112(80-38-18-12-19-39-80)93-49-29-23-44-86(93)74-56-62-77(63-57-74)107(4,5)6/h10-71H,1-9H3. The summed E-state index contributed by atoms with van der Waals surface area (Å²) in [6.07, 6.45) is 0. The molecule has 0 radical (unpaired) electrons. The number of benzene rings is 16. The average molecular weight is 1490 g/mol. The zero-order chi connectivity index (χ0) is 78.7. The van der Waals surface area contributed by atoms with Gasteiger partial charge in [0.2, 0.25) is 0 Å². The van der Waals surface area contributed by atoms with Crippen molar-refractivity contribution in [3.05, 3.63) is 393 Å². The van der Waals surface area contributed by atoms with Crippen molar-refractivity contribution in [3.63, 3.8) is 0 Å². The van der Waals surface area contributed by atoms with Gasteiger partial charge in [0.1, 0.15) is 11.5 Å². The van der Waals surface area contributed by atoms with Crippen LogP contribution in [0.5, 0.6) is 11.5 Å². The van der Waals surface area contributed by atoms with Gasteiger partial charge in [0.05, 0.1) is 34.1 Å². The predicted octanol–water partition coefficient (Wildman–Crippen LogP) is 25.7. The molecule has 0 fully saturated rings. The summed E-state index contributed by atoms with van der Waals surface area (Å²) in [6.45, 7) is 20.1. The summed E-state index contributed by atoms with van der Waals surface area (Å²) in [5.41, 5.74) is 35.7. The lowest BCUT2D eigenvalue weighted by molar-refractivity contribution is 0.487. The van der Waals surface area contributed by atoms with Gasteiger partial charge in [-0.25, -0.2) is 0 Å². The van der Waals surface area contributed by atoms with Crippen LogP contribution in [0.2, 0.25) is 0 Å². The first kappa shape index (κ1) is 71.5. The summed E-state index contributed by atoms with van der Waals surface area (Å²) in [5.74, 6) is 1.65. The second-order valence-corrected chi connectivity index (χ2v) is 34.4. The van der Waals surface area contributed by atoms with Crippen molar-refractivity contribution < 1.29 is 4.74 Å². The Morgan fingerprint density at radius 3 is 1.08 bits per heavy atom. The van der Waals surface area contributed by atoms with E-state index in [2.05, 4.69) is 463 Å². The number of hydrogen-bond donors (Lipinski definition) is 0. The molecule has 8 heteroatoms. The van der Waals surface area contributed by atoms with Gasteiger partial charge in [-0.1, -0.05) is 335 Å². The first-order valence-electron chi connectivity index (χ1n) is 40.8. The minimum absolute atomic E-state index is 0.00432. The molecule has 20 rings (SSSR count). The van der Waals surface area contributed by atoms with Gasteiger partial charge in [-0.2, -0.15) is 0 Å². The Kier molecular flexibility index (Phi) is 17.4. The summed E-state index contributed by atoms with van der Waals surface area (Å²) < 4.78 is 7.54. The van der Waals surface area contributed by atoms with E-state index < -0.39 is 0 Å². The molecule has 4 heterocycles. The van der Waals surface area contributed by atoms with E-state index in [1.807, 2.05) is 0 Å². The van der Waals surface area contributed by atoms with Crippen LogP contribution >= 0.6 is 0 Å². The fraction of sp³-hybridized carbons (Fsp3) is 0.111. The maximum absolute atomic E-state index is 7.54. The van der Waals surface area contributed by atoms with Crippen LogP contribution in [0, 0.1) is 0 Å². The van der Waals surface area contributed by atoms with Crippen LogP contribution in [0.15, 0.2) is 376 Å². The number of anilines is 15. The van der Waals surface area contributed by atoms with Crippen molar-refractivity contribution in [1.82, 2.24) is 0 Å². The van der Waals surface area contributed by atoms with Gasteiger partial charge in [-0.15, -0.1) is 0 Å². The first-order chi connectivity index (χ1) is 56.5. The topological polar surface area (TPSA) is 25.4 Å². The summed E-state index contributed by atoms with van der Waals surface area (Å²) >= 11 is 0. The molecule has 0 atom stereocenters. The van der Waals surface area contributed by atoms with E-state index in [-0.39, 0.29) is 29.7 Å². The number of rotatable bonds is 13. The number of nitrogens with zero attached hydrogens (tertiary/aromatic N) is 5. The Morgan fingerprint density at radius 2 is 0.586 bits per heavy atom. The number of hydrogen-bond acceptors (Lipinski definition) is 6. The lowest BCUT2D eigenvalue weighted by atomic mass is 9.30. The van der Waals surface area contributed by atoms with E-state index in [0.29, 0.717) is 0 Å². The minimum Gasteiger partial charge on any atom is -0.458 e. The molecule has 0 saturated carbocycles. The van der Waals surface area contributed by atoms with Gasteiger partial charge in [0, 0.05) is 79.5 Å². The number of fused-ring (bicyclic) bond motifs is 8. The van der Waals surface area contributed by atoms with E-state index in [1.54, 1.807) is 0 Å². The Morgan fingerprint density at radius 1 is 0.233 bits per heavy atom. The molecule has 4 aliphatic rings. The largest absolute Gasteiger partial charge is 0.458 e. The molecular formula is C108H89B2N5O. The molecule has 0 aromatic heterocycles. The molecule has 16 aromatic rings. The van der Waals surface area contributed by atoms with Crippen LogP contribution in [-0.2, 0) is 16.2 Å². The zero-order valence-corrected chi connectivity index (χ0v) is 67.1. The molecule has 0 aliphatic carbocycles. The van der Waals surface area contributed by atoms with Gasteiger partial charge in [-0.3, -0.25) is 0 Å². The maximum Gasteiger partial charge on any atom is 0.256 e. The number of ether oxygens (including phenoxy) is 1. The molecule has 6 nitrogen and oxygen atoms in total. The van der Waals surface area contributed by atoms with Gasteiger partial charge in [0.15, 0.2) is 0 Å². The van der Waals surface area contributed by atoms with E-state index in [0.717, 1.165) is 152 Å². The third-order valence-electron chi connectivity index (χ3n) is 24.2. The molecule has 0 unspecified atom stereocenters. The Labute approximate surface area is 683 Å². The molecule has 0 bridgehead atoms. The second kappa shape index (κ2) is 28.2. The smallest absolute Gasteiger partial charge is 0.256 e. The molecule has 16 aromatic carbocycles. The number of para-hydroxylation sites is 9. The molecule has 558 valence electrons. The third kappa shape index (κ3) is 12.3. The van der Waals surface area contributed by atoms with Crippen molar-refractivity contribution in [3.8, 4) is 56.0 Å². The molecule has 0 saturated heterocycles. The molecular weight excluding hydrogens is 1400 g/mol. The highest BCUT2D eigenvalue weighted by molar-refractivity contribution is 7.02. The van der Waals surface area contributed by atoms with Crippen molar-refractivity contribution in [2.45, 2.75) is 78.6 Å². The first-order valence-corrected chi connectivity index (χ1v) is 40.8. The summed E-state index contributed by atoms with van der Waals surface area (Å²) in [7, 11) is 0. The van der Waals surface area contributed by atoms with Crippen LogP contribution in [0.4, 0.5) is 85.3 Å². The average Bonchev–Trinajstić information content (AvgIpc) is 0.681. The van der Waals surface area contributed by atoms with Crippen LogP contribution in [-0.4, -0.2) is 13.4 Å². The molecule has 0 spiro atoms. The molecule has 0 N–H and O–H groups in total. The molecule has 116 heavy (non-hydrogen) atoms. The van der Waals surface area contributed by atoms with Gasteiger partial charge in [0.25, 0.3) is 13.4 Å². The SMILES string of the molecule is CC(C)(C)c1ccc(-c2ccccc2N(c2ccccc2)c2cc3c4c(c2)N(c2ccccc2)c2cc5c(cc2B4c2ccccc2O3)B2c3ccccc3N(c3ccccc3-c3ccc(C(C)(C)C)cc3)c3cc(N(c4ccccc4)c4ccccc4-c4ccc(C(C)(C)C)cc4)cc(c32)N5c2ccccc2-c2ccccc2)cc1. The van der Waals surface area contributed by atoms with E-state index in [4.69, 9.17) is 4.74 Å². The fourth-order valence-corrected chi connectivity index (χ4v) is 18.5. The Balaban J connectivity index is 0.892. The highest BCUT2D eigenvalue weighted by atomic mass is 16.5. The van der Waals surface area contributed by atoms with E-state index >= 15 is 0 Å². The summed E-state index contributed by atoms with van der Waals surface area (Å²) in [6, 6.07) is 141. The van der Waals surface area contributed by atoms with Crippen molar-refractivity contribution in [2.24, 2.45) is 0 Å². The summed E-state index contributed by atoms with van der Waals surface area (Å²) in [4.78, 5) is 12.8. The molecule has 4 aliphatic heterocycles. The predicted molar refractivity (Wildman–Crippen MR) is 494 cm³/mol. The Bertz CT molecular complexity index is 6450. The lowest BCUT2D eigenvalue weighted by Crippen LogP contribution is -2.64. The minimum atomic E-state index is -0.286. The van der Waals surface area contributed by atoms with Crippen LogP contribution in [0.3, 0.4) is 0 Å². The second-order valence-electron chi connectivity index (χ2n) is 34.4. The lowest BCUT2D eigenvalue weighted by Gasteiger charge is -2.47. The Hall–Kier alpha value is -13.6. The third-order valence-corrected chi connectivity index (χ3v) is 24.2. The van der Waals surface area contributed by atoms with Crippen molar-refractivity contribution >= 4 is 132 Å². The van der Waals surface area contributed by atoms with Gasteiger partial charge in [-0.05, 0) is 185 Å². The van der Waals surface area contributed by atoms with E-state index in [9.17, 15) is 0 Å². The van der Waals surface area contributed by atoms with Crippen molar-refractivity contribution in [1.29, 1.82) is 0 Å². The monoisotopic (exact) mass is 1490 g/mol. The van der Waals surface area contributed by atoms with Crippen LogP contribution in [0.25, 0.3) is 44.5 Å². The van der Waals surface area contributed by atoms with Gasteiger partial charge >= 0.3 is 0 Å². The molecule has 0 amide bonds. The van der Waals surface area contributed by atoms with Gasteiger partial charge < -0.3 is 29.2 Å². The highest BCUT2D eigenvalue weighted by Crippen LogP contribution is 2.55.